The summed E-state index contributed by atoms with van der Waals surface area (Å²) in [7, 11) is 1.68. The maximum atomic E-state index is 13.1. The molecule has 0 saturated carbocycles. The summed E-state index contributed by atoms with van der Waals surface area (Å²) >= 11 is 1.45. The number of aromatic nitrogens is 2. The number of hydrogen-bond donors (Lipinski definition) is 1. The van der Waals surface area contributed by atoms with Crippen LogP contribution in [0.25, 0.3) is 10.2 Å². The van der Waals surface area contributed by atoms with Crippen LogP contribution in [0.15, 0.2) is 24.3 Å². The van der Waals surface area contributed by atoms with E-state index in [1.807, 2.05) is 32.9 Å². The van der Waals surface area contributed by atoms with Crippen molar-refractivity contribution in [1.29, 1.82) is 0 Å². The van der Waals surface area contributed by atoms with E-state index in [2.05, 4.69) is 32.3 Å². The molecule has 0 spiro atoms. The topological polar surface area (TPSA) is 67.3 Å². The zero-order chi connectivity index (χ0) is 21.3. The highest BCUT2D eigenvalue weighted by molar-refractivity contribution is 7.20. The SMILES string of the molecule is COc1cccc(C(CNC(=O)c2sc3nc(C)nc(C)c3c2C)N2CCCC2)c1. The number of methoxy groups -OCH3 is 1. The number of thiophene rings is 1. The van der Waals surface area contributed by atoms with E-state index in [-0.39, 0.29) is 11.9 Å². The molecule has 1 amide bonds. The third-order valence-corrected chi connectivity index (χ3v) is 6.99. The molecule has 1 N–H and O–H groups in total. The molecule has 0 radical (unpaired) electrons. The van der Waals surface area contributed by atoms with E-state index >= 15 is 0 Å². The highest BCUT2D eigenvalue weighted by Gasteiger charge is 2.25. The lowest BCUT2D eigenvalue weighted by atomic mass is 10.0. The molecule has 1 aliphatic rings. The average Bonchev–Trinajstić information content (AvgIpc) is 3.36. The summed E-state index contributed by atoms with van der Waals surface area (Å²) in [5.41, 5.74) is 3.06. The smallest absolute Gasteiger partial charge is 0.261 e. The van der Waals surface area contributed by atoms with Gasteiger partial charge in [0.15, 0.2) is 0 Å². The molecule has 1 aromatic carbocycles. The number of carbonyl (C=O) groups excluding carboxylic acids is 1. The van der Waals surface area contributed by atoms with Gasteiger partial charge in [-0.05, 0) is 70.0 Å². The largest absolute Gasteiger partial charge is 0.497 e. The predicted octanol–water partition coefficient (Wildman–Crippen LogP) is 4.19. The number of nitrogens with one attached hydrogen (secondary N) is 1. The van der Waals surface area contributed by atoms with Crippen molar-refractivity contribution in [2.75, 3.05) is 26.7 Å². The monoisotopic (exact) mass is 424 g/mol. The van der Waals surface area contributed by atoms with Crippen LogP contribution in [-0.2, 0) is 0 Å². The summed E-state index contributed by atoms with van der Waals surface area (Å²) in [6, 6.07) is 8.28. The van der Waals surface area contributed by atoms with Gasteiger partial charge >= 0.3 is 0 Å². The lowest BCUT2D eigenvalue weighted by Gasteiger charge is -2.28. The lowest BCUT2D eigenvalue weighted by molar-refractivity contribution is 0.0941. The molecule has 158 valence electrons. The molecule has 6 nitrogen and oxygen atoms in total. The van der Waals surface area contributed by atoms with E-state index in [9.17, 15) is 4.79 Å². The number of ether oxygens (including phenoxy) is 1. The van der Waals surface area contributed by atoms with Crippen molar-refractivity contribution in [3.63, 3.8) is 0 Å². The van der Waals surface area contributed by atoms with Crippen LogP contribution in [0.4, 0.5) is 0 Å². The Kier molecular flexibility index (Phi) is 6.01. The first-order valence-electron chi connectivity index (χ1n) is 10.4. The number of carbonyl (C=O) groups is 1. The highest BCUT2D eigenvalue weighted by Crippen LogP contribution is 2.32. The molecular formula is C23H28N4O2S. The Morgan fingerprint density at radius 2 is 2.00 bits per heavy atom. The number of aryl methyl sites for hydroxylation is 3. The number of rotatable bonds is 6. The maximum absolute atomic E-state index is 13.1. The third kappa shape index (κ3) is 4.04. The van der Waals surface area contributed by atoms with Crippen molar-refractivity contribution in [3.8, 4) is 5.75 Å². The quantitative estimate of drug-likeness (QED) is 0.643. The minimum absolute atomic E-state index is 0.0420. The third-order valence-electron chi connectivity index (χ3n) is 5.81. The molecule has 1 aliphatic heterocycles. The molecule has 1 saturated heterocycles. The van der Waals surface area contributed by atoms with Crippen molar-refractivity contribution < 1.29 is 9.53 Å². The molecule has 3 aromatic rings. The zero-order valence-electron chi connectivity index (χ0n) is 18.0. The van der Waals surface area contributed by atoms with Crippen LogP contribution in [-0.4, -0.2) is 47.5 Å². The van der Waals surface area contributed by atoms with Crippen LogP contribution in [0, 0.1) is 20.8 Å². The maximum Gasteiger partial charge on any atom is 0.261 e. The number of likely N-dealkylation sites (tertiary alicyclic amines) is 1. The number of hydrogen-bond acceptors (Lipinski definition) is 6. The first kappa shape index (κ1) is 20.8. The van der Waals surface area contributed by atoms with Crippen LogP contribution in [0.2, 0.25) is 0 Å². The Labute approximate surface area is 181 Å². The number of amides is 1. The van der Waals surface area contributed by atoms with Crippen molar-refractivity contribution in [1.82, 2.24) is 20.2 Å². The van der Waals surface area contributed by atoms with E-state index in [0.29, 0.717) is 6.54 Å². The second-order valence-electron chi connectivity index (χ2n) is 7.84. The summed E-state index contributed by atoms with van der Waals surface area (Å²) in [5.74, 6) is 1.53. The molecule has 1 unspecified atom stereocenters. The molecule has 1 atom stereocenters. The highest BCUT2D eigenvalue weighted by atomic mass is 32.1. The Balaban J connectivity index is 1.57. The van der Waals surface area contributed by atoms with Crippen molar-refractivity contribution in [3.05, 3.63) is 51.8 Å². The summed E-state index contributed by atoms with van der Waals surface area (Å²) in [4.78, 5) is 26.2. The van der Waals surface area contributed by atoms with Crippen LogP contribution < -0.4 is 10.1 Å². The van der Waals surface area contributed by atoms with Gasteiger partial charge in [-0.3, -0.25) is 9.69 Å². The van der Waals surface area contributed by atoms with Gasteiger partial charge in [-0.2, -0.15) is 0 Å². The standard InChI is InChI=1S/C23H28N4O2S/c1-14-20-15(2)25-16(3)26-23(20)30-21(14)22(28)24-13-19(27-10-5-6-11-27)17-8-7-9-18(12-17)29-4/h7-9,12,19H,5-6,10-11,13H2,1-4H3,(H,24,28). The Bertz CT molecular complexity index is 1070. The normalized spacial score (nSPS) is 15.5. The van der Waals surface area contributed by atoms with E-state index < -0.39 is 0 Å². The number of benzene rings is 1. The minimum Gasteiger partial charge on any atom is -0.497 e. The summed E-state index contributed by atoms with van der Waals surface area (Å²) in [6.45, 7) is 8.50. The van der Waals surface area contributed by atoms with Gasteiger partial charge in [-0.25, -0.2) is 9.97 Å². The van der Waals surface area contributed by atoms with Crippen LogP contribution in [0.5, 0.6) is 5.75 Å². The first-order chi connectivity index (χ1) is 14.5. The average molecular weight is 425 g/mol. The second kappa shape index (κ2) is 8.70. The summed E-state index contributed by atoms with van der Waals surface area (Å²) in [6.07, 6.45) is 2.39. The number of nitrogens with zero attached hydrogens (tertiary/aromatic N) is 3. The Morgan fingerprint density at radius 3 is 2.73 bits per heavy atom. The van der Waals surface area contributed by atoms with Crippen LogP contribution in [0.3, 0.4) is 0 Å². The van der Waals surface area contributed by atoms with Gasteiger partial charge in [-0.15, -0.1) is 11.3 Å². The fourth-order valence-electron chi connectivity index (χ4n) is 4.32. The van der Waals surface area contributed by atoms with Crippen molar-refractivity contribution in [2.24, 2.45) is 0 Å². The van der Waals surface area contributed by atoms with Gasteiger partial charge in [-0.1, -0.05) is 12.1 Å². The van der Waals surface area contributed by atoms with Crippen molar-refractivity contribution in [2.45, 2.75) is 39.7 Å². The van der Waals surface area contributed by atoms with Gasteiger partial charge in [0.2, 0.25) is 0 Å². The molecule has 2 aromatic heterocycles. The molecule has 1 fully saturated rings. The lowest BCUT2D eigenvalue weighted by Crippen LogP contribution is -2.36. The van der Waals surface area contributed by atoms with Gasteiger partial charge in [0.1, 0.15) is 16.4 Å². The molecular weight excluding hydrogens is 396 g/mol. The van der Waals surface area contributed by atoms with Gasteiger partial charge < -0.3 is 10.1 Å². The van der Waals surface area contributed by atoms with E-state index in [1.165, 1.54) is 29.7 Å². The molecule has 0 aliphatic carbocycles. The molecule has 7 heteroatoms. The summed E-state index contributed by atoms with van der Waals surface area (Å²) < 4.78 is 5.42. The molecule has 3 heterocycles. The zero-order valence-corrected chi connectivity index (χ0v) is 18.8. The molecule has 30 heavy (non-hydrogen) atoms. The van der Waals surface area contributed by atoms with Crippen LogP contribution >= 0.6 is 11.3 Å². The van der Waals surface area contributed by atoms with Crippen molar-refractivity contribution >= 4 is 27.5 Å². The van der Waals surface area contributed by atoms with Gasteiger partial charge in [0, 0.05) is 17.6 Å². The summed E-state index contributed by atoms with van der Waals surface area (Å²) in [5, 5.41) is 4.19. The van der Waals surface area contributed by atoms with E-state index in [1.54, 1.807) is 7.11 Å². The van der Waals surface area contributed by atoms with E-state index in [4.69, 9.17) is 4.74 Å². The fourth-order valence-corrected chi connectivity index (χ4v) is 5.51. The first-order valence-corrected chi connectivity index (χ1v) is 11.2. The van der Waals surface area contributed by atoms with Crippen LogP contribution in [0.1, 0.15) is 51.2 Å². The second-order valence-corrected chi connectivity index (χ2v) is 8.84. The minimum atomic E-state index is -0.0420. The molecule has 0 bridgehead atoms. The van der Waals surface area contributed by atoms with Gasteiger partial charge in [0.05, 0.1) is 18.0 Å². The fraction of sp³-hybridized carbons (Fsp3) is 0.435. The number of fused-ring (bicyclic) bond motifs is 1. The van der Waals surface area contributed by atoms with Gasteiger partial charge in [0.25, 0.3) is 5.91 Å². The Morgan fingerprint density at radius 1 is 1.23 bits per heavy atom. The van der Waals surface area contributed by atoms with E-state index in [0.717, 1.165) is 51.0 Å². The molecule has 4 rings (SSSR count). The predicted molar refractivity (Wildman–Crippen MR) is 121 cm³/mol. The Hall–Kier alpha value is -2.51.